The summed E-state index contributed by atoms with van der Waals surface area (Å²) in [5.74, 6) is -7.06. The molecular formula is C12H8BF7O5S. The molecule has 5 nitrogen and oxygen atoms in total. The molecule has 1 aromatic carbocycles. The summed E-state index contributed by atoms with van der Waals surface area (Å²) in [5, 5.41) is 0. The molecule has 0 unspecified atom stereocenters. The van der Waals surface area contributed by atoms with Crippen LogP contribution in [0.2, 0.25) is 0 Å². The van der Waals surface area contributed by atoms with Crippen LogP contribution in [0.3, 0.4) is 0 Å². The van der Waals surface area contributed by atoms with Gasteiger partial charge < -0.3 is 4.74 Å². The molecule has 0 spiro atoms. The lowest BCUT2D eigenvalue weighted by molar-refractivity contribution is -0.356. The van der Waals surface area contributed by atoms with E-state index in [1.165, 1.54) is 0 Å². The van der Waals surface area contributed by atoms with Crippen LogP contribution in [-0.4, -0.2) is 50.5 Å². The quantitative estimate of drug-likeness (QED) is 0.351. The van der Waals surface area contributed by atoms with Crippen molar-refractivity contribution < 1.29 is 53.2 Å². The average Bonchev–Trinajstić information content (AvgIpc) is 2.42. The van der Waals surface area contributed by atoms with Crippen molar-refractivity contribution in [2.24, 2.45) is 0 Å². The summed E-state index contributed by atoms with van der Waals surface area (Å²) in [4.78, 5) is 11.8. The zero-order valence-electron chi connectivity index (χ0n) is 12.4. The maximum atomic E-state index is 13.7. The number of alkyl halides is 6. The van der Waals surface area contributed by atoms with E-state index >= 15 is 0 Å². The van der Waals surface area contributed by atoms with E-state index in [0.717, 1.165) is 12.1 Å². The normalized spacial score (nSPS) is 13.5. The standard InChI is InChI=1S/C12H8BF7O5S/c13-4-6-2-1-3-7(14)8(6)9(21)25-10(11(15,16)17,12(18,19)20)5-26(22,23)24/h1-3H,4-5H2,(H,22,23,24). The Morgan fingerprint density at radius 2 is 1.62 bits per heavy atom. The third kappa shape index (κ3) is 4.47. The molecule has 0 saturated heterocycles. The highest BCUT2D eigenvalue weighted by Gasteiger charge is 2.76. The molecule has 0 bridgehead atoms. The lowest BCUT2D eigenvalue weighted by Gasteiger charge is -2.35. The Hall–Kier alpha value is -1.83. The van der Waals surface area contributed by atoms with E-state index in [0.29, 0.717) is 6.07 Å². The minimum absolute atomic E-state index is 0.486. The third-order valence-electron chi connectivity index (χ3n) is 3.09. The molecule has 0 aliphatic heterocycles. The first-order valence-corrected chi connectivity index (χ1v) is 7.96. The largest absolute Gasteiger partial charge is 0.438 e. The van der Waals surface area contributed by atoms with Gasteiger partial charge in [-0.05, 0) is 11.6 Å². The summed E-state index contributed by atoms with van der Waals surface area (Å²) in [5.41, 5.74) is -7.44. The van der Waals surface area contributed by atoms with Gasteiger partial charge in [0.25, 0.3) is 10.1 Å². The maximum absolute atomic E-state index is 13.7. The van der Waals surface area contributed by atoms with Gasteiger partial charge in [-0.3, -0.25) is 4.55 Å². The van der Waals surface area contributed by atoms with Crippen LogP contribution in [0.4, 0.5) is 30.7 Å². The van der Waals surface area contributed by atoms with Crippen LogP contribution in [0, 0.1) is 5.82 Å². The molecule has 1 N–H and O–H groups in total. The van der Waals surface area contributed by atoms with Crippen molar-refractivity contribution in [3.05, 3.63) is 35.1 Å². The van der Waals surface area contributed by atoms with E-state index in [-0.39, 0.29) is 0 Å². The van der Waals surface area contributed by atoms with Crippen LogP contribution in [0.15, 0.2) is 18.2 Å². The molecule has 0 aliphatic carbocycles. The Morgan fingerprint density at radius 3 is 2.00 bits per heavy atom. The Labute approximate surface area is 143 Å². The molecular weight excluding hydrogens is 400 g/mol. The summed E-state index contributed by atoms with van der Waals surface area (Å²) in [7, 11) is -0.798. The third-order valence-corrected chi connectivity index (χ3v) is 3.86. The molecule has 14 heteroatoms. The predicted octanol–water partition coefficient (Wildman–Crippen LogP) is 2.40. The van der Waals surface area contributed by atoms with E-state index in [4.69, 9.17) is 12.4 Å². The van der Waals surface area contributed by atoms with E-state index < -0.39 is 63.1 Å². The van der Waals surface area contributed by atoms with Crippen LogP contribution in [0.5, 0.6) is 0 Å². The highest BCUT2D eigenvalue weighted by molar-refractivity contribution is 7.85. The van der Waals surface area contributed by atoms with Crippen molar-refractivity contribution in [1.29, 1.82) is 0 Å². The number of carbonyl (C=O) groups excluding carboxylic acids is 1. The van der Waals surface area contributed by atoms with E-state index in [1.54, 1.807) is 0 Å². The van der Waals surface area contributed by atoms with Crippen molar-refractivity contribution in [2.75, 3.05) is 5.75 Å². The number of hydrogen-bond acceptors (Lipinski definition) is 4. The highest BCUT2D eigenvalue weighted by atomic mass is 32.2. The monoisotopic (exact) mass is 408 g/mol. The van der Waals surface area contributed by atoms with Crippen molar-refractivity contribution in [1.82, 2.24) is 0 Å². The van der Waals surface area contributed by atoms with Gasteiger partial charge in [0.1, 0.15) is 11.6 Å². The van der Waals surface area contributed by atoms with E-state index in [9.17, 15) is 43.9 Å². The lowest BCUT2D eigenvalue weighted by Crippen LogP contribution is -2.63. The van der Waals surface area contributed by atoms with Crippen molar-refractivity contribution in [3.63, 3.8) is 0 Å². The second kappa shape index (κ2) is 7.06. The number of esters is 1. The predicted molar refractivity (Wildman–Crippen MR) is 72.5 cm³/mol. The fourth-order valence-corrected chi connectivity index (χ4v) is 2.80. The molecule has 0 aliphatic rings. The molecule has 1 aromatic rings. The Balaban J connectivity index is 3.59. The number of carbonyl (C=O) groups is 1. The molecule has 144 valence electrons. The van der Waals surface area contributed by atoms with Gasteiger partial charge in [0.2, 0.25) is 0 Å². The number of halogens is 7. The fraction of sp³-hybridized carbons (Fsp3) is 0.417. The van der Waals surface area contributed by atoms with Gasteiger partial charge in [-0.15, -0.1) is 0 Å². The van der Waals surface area contributed by atoms with Gasteiger partial charge in [-0.2, -0.15) is 34.8 Å². The zero-order chi connectivity index (χ0) is 20.6. The van der Waals surface area contributed by atoms with Crippen LogP contribution < -0.4 is 0 Å². The summed E-state index contributed by atoms with van der Waals surface area (Å²) in [6, 6.07) is 2.46. The highest BCUT2D eigenvalue weighted by Crippen LogP contribution is 2.47. The molecule has 1 rings (SSSR count). The first kappa shape index (κ1) is 22.2. The van der Waals surface area contributed by atoms with Gasteiger partial charge in [0.15, 0.2) is 0 Å². The minimum Gasteiger partial charge on any atom is -0.434 e. The second-order valence-electron chi connectivity index (χ2n) is 4.92. The smallest absolute Gasteiger partial charge is 0.434 e. The molecule has 0 atom stereocenters. The molecule has 26 heavy (non-hydrogen) atoms. The van der Waals surface area contributed by atoms with Gasteiger partial charge in [0.05, 0.1) is 13.4 Å². The second-order valence-corrected chi connectivity index (χ2v) is 6.37. The average molecular weight is 408 g/mol. The molecule has 0 amide bonds. The molecule has 2 radical (unpaired) electrons. The summed E-state index contributed by atoms with van der Waals surface area (Å²) in [6.45, 7) is 0. The van der Waals surface area contributed by atoms with E-state index in [1.807, 2.05) is 0 Å². The van der Waals surface area contributed by atoms with Crippen LogP contribution >= 0.6 is 0 Å². The van der Waals surface area contributed by atoms with E-state index in [2.05, 4.69) is 4.74 Å². The first-order valence-electron chi connectivity index (χ1n) is 6.35. The Kier molecular flexibility index (Phi) is 6.03. The number of benzene rings is 1. The van der Waals surface area contributed by atoms with Gasteiger partial charge in [-0.25, -0.2) is 9.18 Å². The van der Waals surface area contributed by atoms with Gasteiger partial charge in [-0.1, -0.05) is 18.5 Å². The number of hydrogen-bond donors (Lipinski definition) is 1. The Morgan fingerprint density at radius 1 is 1.12 bits per heavy atom. The zero-order valence-corrected chi connectivity index (χ0v) is 13.2. The number of rotatable bonds is 5. The van der Waals surface area contributed by atoms with Crippen molar-refractivity contribution in [3.8, 4) is 0 Å². The van der Waals surface area contributed by atoms with Gasteiger partial charge in [0, 0.05) is 0 Å². The van der Waals surface area contributed by atoms with Crippen molar-refractivity contribution in [2.45, 2.75) is 24.3 Å². The molecule has 0 aromatic heterocycles. The SMILES string of the molecule is [B]Cc1cccc(F)c1C(=O)OC(CS(=O)(=O)O)(C(F)(F)F)C(F)(F)F. The summed E-state index contributed by atoms with van der Waals surface area (Å²) >= 11 is 0. The lowest BCUT2D eigenvalue weighted by atomic mass is 9.92. The minimum atomic E-state index is -6.51. The van der Waals surface area contributed by atoms with Gasteiger partial charge >= 0.3 is 23.9 Å². The number of ether oxygens (including phenoxy) is 1. The molecule has 0 fully saturated rings. The molecule has 0 saturated carbocycles. The topological polar surface area (TPSA) is 80.7 Å². The fourth-order valence-electron chi connectivity index (χ4n) is 1.90. The Bertz CT molecular complexity index is 774. The summed E-state index contributed by atoms with van der Waals surface area (Å²) in [6.07, 6.45) is -13.7. The van der Waals surface area contributed by atoms with Crippen LogP contribution in [0.25, 0.3) is 0 Å². The van der Waals surface area contributed by atoms with Crippen LogP contribution in [0.1, 0.15) is 15.9 Å². The first-order chi connectivity index (χ1) is 11.6. The summed E-state index contributed by atoms with van der Waals surface area (Å²) < 4.78 is 125. The molecule has 0 heterocycles. The maximum Gasteiger partial charge on any atom is 0.438 e. The van der Waals surface area contributed by atoms with Crippen molar-refractivity contribution >= 4 is 23.9 Å². The van der Waals surface area contributed by atoms with Crippen LogP contribution in [-0.2, 0) is 21.2 Å².